The number of ether oxygens (including phenoxy) is 2. The third-order valence-corrected chi connectivity index (χ3v) is 7.58. The lowest BCUT2D eigenvalue weighted by atomic mass is 9.78. The van der Waals surface area contributed by atoms with Crippen molar-refractivity contribution in [1.82, 2.24) is 19.7 Å². The Morgan fingerprint density at radius 3 is 2.58 bits per heavy atom. The van der Waals surface area contributed by atoms with Crippen molar-refractivity contribution in [3.63, 3.8) is 0 Å². The summed E-state index contributed by atoms with van der Waals surface area (Å²) < 4.78 is 12.8. The normalized spacial score (nSPS) is 17.6. The van der Waals surface area contributed by atoms with Crippen LogP contribution in [0.2, 0.25) is 10.0 Å². The van der Waals surface area contributed by atoms with Crippen LogP contribution in [0.4, 0.5) is 5.82 Å². The molecule has 8 nitrogen and oxygen atoms in total. The van der Waals surface area contributed by atoms with Crippen LogP contribution in [0.3, 0.4) is 0 Å². The van der Waals surface area contributed by atoms with Gasteiger partial charge in [0.2, 0.25) is 5.88 Å². The molecular formula is C23H25Cl2N5O3. The number of halogens is 2. The first-order chi connectivity index (χ1) is 15.9. The number of aromatic amines is 1. The molecule has 5 rings (SSSR count). The second-order valence-corrected chi connectivity index (χ2v) is 9.53. The lowest BCUT2D eigenvalue weighted by Gasteiger charge is -2.39. The highest BCUT2D eigenvalue weighted by Crippen LogP contribution is 2.41. The highest BCUT2D eigenvalue weighted by atomic mass is 35.5. The first-order valence-corrected chi connectivity index (χ1v) is 11.7. The number of piperidine rings is 1. The Morgan fingerprint density at radius 2 is 1.91 bits per heavy atom. The Morgan fingerprint density at radius 1 is 1.12 bits per heavy atom. The number of nitrogens with zero attached hydrogens (tertiary/aromatic N) is 4. The minimum Gasteiger partial charge on any atom is -0.438 e. The van der Waals surface area contributed by atoms with Gasteiger partial charge in [0, 0.05) is 25.8 Å². The van der Waals surface area contributed by atoms with Gasteiger partial charge in [0.05, 0.1) is 29.1 Å². The van der Waals surface area contributed by atoms with Gasteiger partial charge >= 0.3 is 0 Å². The summed E-state index contributed by atoms with van der Waals surface area (Å²) in [7, 11) is 0. The van der Waals surface area contributed by atoms with Gasteiger partial charge in [-0.25, -0.2) is 10.1 Å². The third-order valence-electron chi connectivity index (χ3n) is 6.72. The van der Waals surface area contributed by atoms with Crippen molar-refractivity contribution in [2.45, 2.75) is 33.1 Å². The number of H-pyrrole nitrogens is 1. The van der Waals surface area contributed by atoms with E-state index in [4.69, 9.17) is 37.7 Å². The largest absolute Gasteiger partial charge is 0.438 e. The second kappa shape index (κ2) is 8.66. The van der Waals surface area contributed by atoms with E-state index >= 15 is 0 Å². The molecule has 0 amide bonds. The van der Waals surface area contributed by atoms with Gasteiger partial charge in [-0.2, -0.15) is 5.10 Å². The number of hydrogen-bond acceptors (Lipinski definition) is 6. The van der Waals surface area contributed by atoms with E-state index in [1.807, 2.05) is 6.92 Å². The smallest absolute Gasteiger partial charge is 0.263 e. The van der Waals surface area contributed by atoms with E-state index in [1.165, 1.54) is 4.57 Å². The van der Waals surface area contributed by atoms with Crippen molar-refractivity contribution in [1.29, 1.82) is 0 Å². The van der Waals surface area contributed by atoms with Crippen LogP contribution in [-0.4, -0.2) is 46.1 Å². The number of anilines is 1. The zero-order valence-electron chi connectivity index (χ0n) is 18.5. The van der Waals surface area contributed by atoms with Crippen LogP contribution in [0.25, 0.3) is 5.69 Å². The van der Waals surface area contributed by atoms with Crippen molar-refractivity contribution in [3.8, 4) is 17.3 Å². The van der Waals surface area contributed by atoms with E-state index in [1.54, 1.807) is 31.3 Å². The van der Waals surface area contributed by atoms with Crippen LogP contribution in [0.1, 0.15) is 30.7 Å². The molecule has 3 aromatic rings. The standard InChI is InChI=1S/C23H25Cl2N5O3/c1-14-21(29-10-6-23(7-11-29)8-12-32-13-23)27-15(2)30(22(14)31)16-3-4-17(20(25)19(16)24)33-18-5-9-26-28-18/h3-5,9H,6-8,10-13H2,1-2H3,(H,26,28). The molecule has 0 bridgehead atoms. The molecule has 1 spiro atoms. The minimum absolute atomic E-state index is 0.165. The molecule has 2 saturated heterocycles. The van der Waals surface area contributed by atoms with Gasteiger partial charge in [0.1, 0.15) is 22.4 Å². The van der Waals surface area contributed by atoms with E-state index in [2.05, 4.69) is 15.1 Å². The molecule has 0 unspecified atom stereocenters. The highest BCUT2D eigenvalue weighted by Gasteiger charge is 2.38. The van der Waals surface area contributed by atoms with Crippen molar-refractivity contribution in [2.24, 2.45) is 5.41 Å². The summed E-state index contributed by atoms with van der Waals surface area (Å²) in [6.45, 7) is 7.04. The molecule has 0 radical (unpaired) electrons. The van der Waals surface area contributed by atoms with Crippen LogP contribution < -0.4 is 15.2 Å². The maximum Gasteiger partial charge on any atom is 0.263 e. The number of aryl methyl sites for hydroxylation is 1. The Labute approximate surface area is 201 Å². The summed E-state index contributed by atoms with van der Waals surface area (Å²) in [6, 6.07) is 5.05. The van der Waals surface area contributed by atoms with Crippen LogP contribution >= 0.6 is 23.2 Å². The number of rotatable bonds is 4. The number of hydrogen-bond donors (Lipinski definition) is 1. The average Bonchev–Trinajstić information content (AvgIpc) is 3.49. The first kappa shape index (κ1) is 22.3. The average molecular weight is 490 g/mol. The Hall–Kier alpha value is -2.55. The molecule has 1 N–H and O–H groups in total. The summed E-state index contributed by atoms with van der Waals surface area (Å²) in [5.74, 6) is 2.08. The van der Waals surface area contributed by atoms with Crippen LogP contribution in [0, 0.1) is 19.3 Å². The molecule has 0 atom stereocenters. The van der Waals surface area contributed by atoms with Gasteiger partial charge in [0.15, 0.2) is 0 Å². The molecule has 2 aliphatic heterocycles. The molecule has 0 saturated carbocycles. The molecule has 2 fully saturated rings. The Bertz CT molecular complexity index is 1230. The topological polar surface area (TPSA) is 85.3 Å². The van der Waals surface area contributed by atoms with Crippen molar-refractivity contribution >= 4 is 29.0 Å². The minimum atomic E-state index is -0.165. The summed E-state index contributed by atoms with van der Waals surface area (Å²) in [5, 5.41) is 6.97. The fraction of sp³-hybridized carbons (Fsp3) is 0.435. The van der Waals surface area contributed by atoms with E-state index in [-0.39, 0.29) is 15.6 Å². The predicted molar refractivity (Wildman–Crippen MR) is 127 cm³/mol. The fourth-order valence-corrected chi connectivity index (χ4v) is 5.16. The monoisotopic (exact) mass is 489 g/mol. The van der Waals surface area contributed by atoms with Crippen molar-refractivity contribution in [2.75, 3.05) is 31.2 Å². The lowest BCUT2D eigenvalue weighted by molar-refractivity contribution is 0.133. The third kappa shape index (κ3) is 4.00. The van der Waals surface area contributed by atoms with Crippen LogP contribution in [-0.2, 0) is 4.74 Å². The maximum absolute atomic E-state index is 13.4. The fourth-order valence-electron chi connectivity index (χ4n) is 4.72. The van der Waals surface area contributed by atoms with E-state index in [0.717, 1.165) is 51.4 Å². The molecule has 2 aromatic heterocycles. The Balaban J connectivity index is 1.46. The highest BCUT2D eigenvalue weighted by molar-refractivity contribution is 6.44. The molecule has 0 aliphatic carbocycles. The zero-order valence-corrected chi connectivity index (χ0v) is 20.0. The van der Waals surface area contributed by atoms with Gasteiger partial charge in [0.25, 0.3) is 5.56 Å². The number of benzene rings is 1. The van der Waals surface area contributed by atoms with Gasteiger partial charge in [-0.3, -0.25) is 9.36 Å². The summed E-state index contributed by atoms with van der Waals surface area (Å²) >= 11 is 13.1. The Kier molecular flexibility index (Phi) is 5.84. The zero-order chi connectivity index (χ0) is 23.2. The molecular weight excluding hydrogens is 465 g/mol. The molecule has 174 valence electrons. The maximum atomic E-state index is 13.4. The molecule has 4 heterocycles. The van der Waals surface area contributed by atoms with Crippen LogP contribution in [0.5, 0.6) is 11.6 Å². The number of aromatic nitrogens is 4. The molecule has 2 aliphatic rings. The van der Waals surface area contributed by atoms with Crippen molar-refractivity contribution < 1.29 is 9.47 Å². The first-order valence-electron chi connectivity index (χ1n) is 11.0. The van der Waals surface area contributed by atoms with Gasteiger partial charge in [-0.05, 0) is 50.7 Å². The van der Waals surface area contributed by atoms with Gasteiger partial charge in [-0.1, -0.05) is 23.2 Å². The molecule has 10 heteroatoms. The molecule has 1 aromatic carbocycles. The quantitative estimate of drug-likeness (QED) is 0.572. The number of nitrogens with one attached hydrogen (secondary N) is 1. The second-order valence-electron chi connectivity index (χ2n) is 8.77. The lowest BCUT2D eigenvalue weighted by Crippen LogP contribution is -2.42. The molecule has 33 heavy (non-hydrogen) atoms. The van der Waals surface area contributed by atoms with Gasteiger partial charge in [-0.15, -0.1) is 0 Å². The van der Waals surface area contributed by atoms with E-state index in [9.17, 15) is 4.79 Å². The van der Waals surface area contributed by atoms with Crippen LogP contribution in [0.15, 0.2) is 29.2 Å². The van der Waals surface area contributed by atoms with Gasteiger partial charge < -0.3 is 14.4 Å². The van der Waals surface area contributed by atoms with E-state index in [0.29, 0.717) is 34.1 Å². The summed E-state index contributed by atoms with van der Waals surface area (Å²) in [4.78, 5) is 20.5. The SMILES string of the molecule is Cc1c(N2CCC3(CCOC3)CC2)nc(C)n(-c2ccc(Oc3ccn[nH]3)c(Cl)c2Cl)c1=O. The summed E-state index contributed by atoms with van der Waals surface area (Å²) in [6.07, 6.45) is 4.79. The van der Waals surface area contributed by atoms with E-state index < -0.39 is 0 Å². The van der Waals surface area contributed by atoms with Crippen molar-refractivity contribution in [3.05, 3.63) is 56.2 Å². The summed E-state index contributed by atoms with van der Waals surface area (Å²) in [5.41, 5.74) is 1.17. The predicted octanol–water partition coefficient (Wildman–Crippen LogP) is 4.68.